The average Bonchev–Trinajstić information content (AvgIpc) is 2.92. The minimum atomic E-state index is 0.640. The summed E-state index contributed by atoms with van der Waals surface area (Å²) < 4.78 is 10.8. The predicted molar refractivity (Wildman–Crippen MR) is 144 cm³/mol. The van der Waals surface area contributed by atoms with Gasteiger partial charge in [0.05, 0.1) is 26.4 Å². The molecule has 2 saturated carbocycles. The molecule has 0 bridgehead atoms. The van der Waals surface area contributed by atoms with Gasteiger partial charge >= 0.3 is 0 Å². The van der Waals surface area contributed by atoms with Crippen molar-refractivity contribution in [3.63, 3.8) is 0 Å². The fourth-order valence-corrected chi connectivity index (χ4v) is 6.07. The molecule has 4 rings (SSSR count). The van der Waals surface area contributed by atoms with Crippen LogP contribution in [0.4, 0.5) is 0 Å². The van der Waals surface area contributed by atoms with Crippen molar-refractivity contribution >= 4 is 0 Å². The van der Waals surface area contributed by atoms with Gasteiger partial charge in [0, 0.05) is 38.3 Å². The summed E-state index contributed by atoms with van der Waals surface area (Å²) in [5.74, 6) is 1.72. The molecule has 0 spiro atoms. The van der Waals surface area contributed by atoms with Gasteiger partial charge in [0.25, 0.3) is 0 Å². The Morgan fingerprint density at radius 2 is 0.941 bits per heavy atom. The van der Waals surface area contributed by atoms with E-state index in [-0.39, 0.29) is 0 Å². The van der Waals surface area contributed by atoms with E-state index < -0.39 is 0 Å². The van der Waals surface area contributed by atoms with Crippen LogP contribution in [0, 0.1) is 11.8 Å². The average molecular weight is 475 g/mol. The molecule has 0 radical (unpaired) electrons. The SMILES string of the molecule is CCC(/C=C/C1CCCCC1)N1CCOCC1.CCC(/C=C\C1CCCCC1)N1CCOCC1. The van der Waals surface area contributed by atoms with Crippen molar-refractivity contribution in [3.8, 4) is 0 Å². The molecule has 4 heteroatoms. The zero-order chi connectivity index (χ0) is 23.8. The van der Waals surface area contributed by atoms with Crippen molar-refractivity contribution in [1.82, 2.24) is 9.80 Å². The van der Waals surface area contributed by atoms with Gasteiger partial charge in [0.15, 0.2) is 0 Å². The summed E-state index contributed by atoms with van der Waals surface area (Å²) >= 11 is 0. The Hall–Kier alpha value is -0.680. The smallest absolute Gasteiger partial charge is 0.0594 e. The van der Waals surface area contributed by atoms with Crippen LogP contribution in [0.5, 0.6) is 0 Å². The molecule has 2 heterocycles. The van der Waals surface area contributed by atoms with E-state index in [0.717, 1.165) is 64.4 Å². The first-order valence-corrected chi connectivity index (χ1v) is 14.8. The molecule has 2 atom stereocenters. The second-order valence-electron chi connectivity index (χ2n) is 10.8. The molecule has 4 fully saturated rings. The standard InChI is InChI=1S/2C15H27NO/c2*1-2-15(16-10-12-17-13-11-16)9-8-14-6-4-3-5-7-14/h2*8-9,14-15H,2-7,10-13H2,1H3/b9-8+;9-8-. The van der Waals surface area contributed by atoms with Gasteiger partial charge in [-0.3, -0.25) is 9.80 Å². The van der Waals surface area contributed by atoms with E-state index in [1.165, 1.54) is 77.0 Å². The molecule has 0 amide bonds. The summed E-state index contributed by atoms with van der Waals surface area (Å²) in [5.41, 5.74) is 0. The van der Waals surface area contributed by atoms with Crippen molar-refractivity contribution in [2.24, 2.45) is 11.8 Å². The van der Waals surface area contributed by atoms with Crippen LogP contribution >= 0.6 is 0 Å². The number of nitrogens with zero attached hydrogens (tertiary/aromatic N) is 2. The highest BCUT2D eigenvalue weighted by molar-refractivity contribution is 4.99. The Labute approximate surface area is 211 Å². The third-order valence-corrected chi connectivity index (χ3v) is 8.38. The highest BCUT2D eigenvalue weighted by atomic mass is 16.5. The van der Waals surface area contributed by atoms with Crippen molar-refractivity contribution in [2.45, 2.75) is 103 Å². The Balaban J connectivity index is 0.000000191. The Morgan fingerprint density at radius 3 is 1.26 bits per heavy atom. The molecule has 34 heavy (non-hydrogen) atoms. The molecule has 196 valence electrons. The number of ether oxygens (including phenoxy) is 2. The van der Waals surface area contributed by atoms with E-state index in [9.17, 15) is 0 Å². The van der Waals surface area contributed by atoms with Crippen LogP contribution in [-0.2, 0) is 9.47 Å². The monoisotopic (exact) mass is 474 g/mol. The fourth-order valence-electron chi connectivity index (χ4n) is 6.07. The topological polar surface area (TPSA) is 24.9 Å². The third-order valence-electron chi connectivity index (χ3n) is 8.38. The maximum absolute atomic E-state index is 5.42. The lowest BCUT2D eigenvalue weighted by molar-refractivity contribution is 0.0249. The molecule has 2 saturated heterocycles. The van der Waals surface area contributed by atoms with Crippen LogP contribution in [0.3, 0.4) is 0 Å². The fraction of sp³-hybridized carbons (Fsp3) is 0.867. The number of hydrogen-bond acceptors (Lipinski definition) is 4. The summed E-state index contributed by atoms with van der Waals surface area (Å²) in [6.45, 7) is 12.7. The van der Waals surface area contributed by atoms with Gasteiger partial charge in [-0.2, -0.15) is 0 Å². The first-order valence-electron chi connectivity index (χ1n) is 14.8. The van der Waals surface area contributed by atoms with E-state index >= 15 is 0 Å². The second-order valence-corrected chi connectivity index (χ2v) is 10.8. The highest BCUT2D eigenvalue weighted by Crippen LogP contribution is 2.26. The predicted octanol–water partition coefficient (Wildman–Crippen LogP) is 6.47. The van der Waals surface area contributed by atoms with E-state index in [0.29, 0.717) is 12.1 Å². The van der Waals surface area contributed by atoms with Gasteiger partial charge in [0.2, 0.25) is 0 Å². The number of hydrogen-bond donors (Lipinski definition) is 0. The Bertz CT molecular complexity index is 504. The molecular formula is C30H54N2O2. The number of allylic oxidation sites excluding steroid dienone is 2. The minimum absolute atomic E-state index is 0.640. The summed E-state index contributed by atoms with van der Waals surface area (Å²) in [6.07, 6.45) is 26.7. The van der Waals surface area contributed by atoms with Gasteiger partial charge in [-0.05, 0) is 50.4 Å². The number of morpholine rings is 2. The molecule has 4 nitrogen and oxygen atoms in total. The lowest BCUT2D eigenvalue weighted by Gasteiger charge is -2.32. The van der Waals surface area contributed by atoms with E-state index in [2.05, 4.69) is 48.0 Å². The van der Waals surface area contributed by atoms with Crippen LogP contribution < -0.4 is 0 Å². The van der Waals surface area contributed by atoms with Crippen molar-refractivity contribution < 1.29 is 9.47 Å². The summed E-state index contributed by atoms with van der Waals surface area (Å²) in [4.78, 5) is 5.14. The molecule has 2 aliphatic carbocycles. The van der Waals surface area contributed by atoms with E-state index in [1.807, 2.05) is 0 Å². The van der Waals surface area contributed by atoms with Gasteiger partial charge in [-0.15, -0.1) is 0 Å². The molecule has 4 aliphatic rings. The van der Waals surface area contributed by atoms with E-state index in [4.69, 9.17) is 9.47 Å². The molecule has 2 unspecified atom stereocenters. The van der Waals surface area contributed by atoms with Crippen molar-refractivity contribution in [2.75, 3.05) is 52.6 Å². The zero-order valence-corrected chi connectivity index (χ0v) is 22.5. The van der Waals surface area contributed by atoms with Crippen LogP contribution in [0.2, 0.25) is 0 Å². The largest absolute Gasteiger partial charge is 0.379 e. The normalized spacial score (nSPS) is 26.4. The van der Waals surface area contributed by atoms with Crippen LogP contribution in [0.1, 0.15) is 90.9 Å². The maximum Gasteiger partial charge on any atom is 0.0594 e. The summed E-state index contributed by atoms with van der Waals surface area (Å²) in [5, 5.41) is 0. The zero-order valence-electron chi connectivity index (χ0n) is 22.5. The van der Waals surface area contributed by atoms with Crippen molar-refractivity contribution in [3.05, 3.63) is 24.3 Å². The minimum Gasteiger partial charge on any atom is -0.379 e. The lowest BCUT2D eigenvalue weighted by atomic mass is 9.88. The summed E-state index contributed by atoms with van der Waals surface area (Å²) in [6, 6.07) is 1.28. The molecule has 0 N–H and O–H groups in total. The van der Waals surface area contributed by atoms with Gasteiger partial charge in [-0.1, -0.05) is 76.7 Å². The lowest BCUT2D eigenvalue weighted by Crippen LogP contribution is -2.42. The van der Waals surface area contributed by atoms with Crippen LogP contribution in [-0.4, -0.2) is 74.5 Å². The second kappa shape index (κ2) is 16.9. The van der Waals surface area contributed by atoms with Gasteiger partial charge in [0.1, 0.15) is 0 Å². The number of rotatable bonds is 8. The summed E-state index contributed by atoms with van der Waals surface area (Å²) in [7, 11) is 0. The first-order chi connectivity index (χ1) is 16.8. The molecule has 0 aromatic heterocycles. The maximum atomic E-state index is 5.42. The van der Waals surface area contributed by atoms with Crippen molar-refractivity contribution in [1.29, 1.82) is 0 Å². The van der Waals surface area contributed by atoms with Crippen LogP contribution in [0.25, 0.3) is 0 Å². The molecule has 2 aliphatic heterocycles. The van der Waals surface area contributed by atoms with Crippen LogP contribution in [0.15, 0.2) is 24.3 Å². The van der Waals surface area contributed by atoms with E-state index in [1.54, 1.807) is 0 Å². The Kier molecular flexibility index (Phi) is 13.9. The third kappa shape index (κ3) is 10.1. The first kappa shape index (κ1) is 27.9. The quantitative estimate of drug-likeness (QED) is 0.377. The molecule has 0 aromatic rings. The molecular weight excluding hydrogens is 420 g/mol. The highest BCUT2D eigenvalue weighted by Gasteiger charge is 2.19. The molecule has 0 aromatic carbocycles. The Morgan fingerprint density at radius 1 is 0.588 bits per heavy atom. The van der Waals surface area contributed by atoms with Gasteiger partial charge < -0.3 is 9.47 Å². The van der Waals surface area contributed by atoms with Gasteiger partial charge in [-0.25, -0.2) is 0 Å².